The molecule has 1 saturated heterocycles. The number of nitrogens with zero attached hydrogens (tertiary/aromatic N) is 5. The topological polar surface area (TPSA) is 99.2 Å². The Labute approximate surface area is 140 Å². The molecule has 128 valence electrons. The van der Waals surface area contributed by atoms with Crippen molar-refractivity contribution in [3.05, 3.63) is 41.7 Å². The van der Waals surface area contributed by atoms with Crippen molar-refractivity contribution in [2.45, 2.75) is 25.9 Å². The molecule has 0 bridgehead atoms. The number of nitrogens with two attached hydrogens (primary N) is 1. The molecule has 1 amide bonds. The van der Waals surface area contributed by atoms with Crippen molar-refractivity contribution < 1.29 is 9.53 Å². The highest BCUT2D eigenvalue weighted by molar-refractivity contribution is 5.75. The largest absolute Gasteiger partial charge is 0.379 e. The van der Waals surface area contributed by atoms with Gasteiger partial charge in [-0.15, -0.1) is 0 Å². The Morgan fingerprint density at radius 1 is 1.42 bits per heavy atom. The first kappa shape index (κ1) is 16.5. The molecule has 3 heterocycles. The third-order valence-electron chi connectivity index (χ3n) is 4.03. The van der Waals surface area contributed by atoms with Gasteiger partial charge in [-0.2, -0.15) is 5.10 Å². The summed E-state index contributed by atoms with van der Waals surface area (Å²) < 4.78 is 7.31. The lowest BCUT2D eigenvalue weighted by atomic mass is 10.1. The Balaban J connectivity index is 2.01. The van der Waals surface area contributed by atoms with Gasteiger partial charge < -0.3 is 10.5 Å². The van der Waals surface area contributed by atoms with Gasteiger partial charge in [-0.3, -0.25) is 14.7 Å². The van der Waals surface area contributed by atoms with Gasteiger partial charge in [-0.25, -0.2) is 9.67 Å². The van der Waals surface area contributed by atoms with E-state index in [4.69, 9.17) is 10.5 Å². The normalized spacial score (nSPS) is 16.9. The Morgan fingerprint density at radius 2 is 2.21 bits per heavy atom. The molecule has 1 aliphatic heterocycles. The number of carbonyl (C=O) groups excluding carboxylic acids is 1. The summed E-state index contributed by atoms with van der Waals surface area (Å²) in [4.78, 5) is 22.4. The van der Waals surface area contributed by atoms with E-state index < -0.39 is 5.91 Å². The van der Waals surface area contributed by atoms with Crippen LogP contribution in [0, 0.1) is 0 Å². The molecule has 0 unspecified atom stereocenters. The minimum atomic E-state index is -0.431. The lowest BCUT2D eigenvalue weighted by molar-refractivity contribution is -0.117. The summed E-state index contributed by atoms with van der Waals surface area (Å²) in [6.07, 6.45) is 3.65. The number of carbonyl (C=O) groups is 1. The second kappa shape index (κ2) is 7.50. The van der Waals surface area contributed by atoms with Gasteiger partial charge in [0.25, 0.3) is 0 Å². The quantitative estimate of drug-likeness (QED) is 0.809. The molecule has 2 aromatic heterocycles. The van der Waals surface area contributed by atoms with Gasteiger partial charge in [-0.1, -0.05) is 6.07 Å². The molecular formula is C16H22N6O2. The van der Waals surface area contributed by atoms with E-state index in [1.807, 2.05) is 29.9 Å². The van der Waals surface area contributed by atoms with Crippen molar-refractivity contribution in [2.24, 2.45) is 5.73 Å². The smallest absolute Gasteiger partial charge is 0.225 e. The average molecular weight is 330 g/mol. The molecule has 24 heavy (non-hydrogen) atoms. The summed E-state index contributed by atoms with van der Waals surface area (Å²) in [5.74, 6) is 0.837. The third kappa shape index (κ3) is 3.60. The molecule has 8 nitrogen and oxygen atoms in total. The second-order valence-electron chi connectivity index (χ2n) is 5.68. The first-order valence-corrected chi connectivity index (χ1v) is 8.12. The summed E-state index contributed by atoms with van der Waals surface area (Å²) in [5, 5.41) is 4.44. The lowest BCUT2D eigenvalue weighted by Gasteiger charge is -2.34. The molecule has 8 heteroatoms. The number of pyridine rings is 1. The Hall–Kier alpha value is -2.32. The molecule has 0 radical (unpaired) electrons. The van der Waals surface area contributed by atoms with Crippen molar-refractivity contribution in [2.75, 3.05) is 26.3 Å². The van der Waals surface area contributed by atoms with Gasteiger partial charge in [-0.05, 0) is 18.6 Å². The van der Waals surface area contributed by atoms with E-state index in [-0.39, 0.29) is 12.5 Å². The number of aromatic nitrogens is 4. The van der Waals surface area contributed by atoms with Crippen LogP contribution in [0.25, 0.3) is 0 Å². The van der Waals surface area contributed by atoms with Crippen LogP contribution in [-0.2, 0) is 22.5 Å². The van der Waals surface area contributed by atoms with Crippen molar-refractivity contribution in [1.29, 1.82) is 0 Å². The van der Waals surface area contributed by atoms with Crippen molar-refractivity contribution in [1.82, 2.24) is 24.6 Å². The molecule has 1 fully saturated rings. The maximum Gasteiger partial charge on any atom is 0.225 e. The van der Waals surface area contributed by atoms with E-state index in [1.165, 1.54) is 0 Å². The fourth-order valence-electron chi connectivity index (χ4n) is 2.97. The highest BCUT2D eigenvalue weighted by atomic mass is 16.5. The minimum Gasteiger partial charge on any atom is -0.379 e. The van der Waals surface area contributed by atoms with Gasteiger partial charge >= 0.3 is 0 Å². The molecular weight excluding hydrogens is 308 g/mol. The van der Waals surface area contributed by atoms with Gasteiger partial charge in [0.15, 0.2) is 5.82 Å². The number of amides is 1. The van der Waals surface area contributed by atoms with E-state index in [2.05, 4.69) is 20.0 Å². The van der Waals surface area contributed by atoms with Gasteiger partial charge in [0.1, 0.15) is 5.82 Å². The molecule has 0 aromatic carbocycles. The SMILES string of the molecule is CCn1nc(CC(N)=O)nc1[C@H](c1cccnc1)N1CCOCC1. The van der Waals surface area contributed by atoms with Gasteiger partial charge in [0.2, 0.25) is 5.91 Å². The average Bonchev–Trinajstić information content (AvgIpc) is 2.99. The Kier molecular flexibility index (Phi) is 5.17. The molecule has 1 aliphatic rings. The molecule has 0 saturated carbocycles. The zero-order valence-corrected chi connectivity index (χ0v) is 13.8. The molecule has 2 aromatic rings. The fraction of sp³-hybridized carbons (Fsp3) is 0.500. The second-order valence-corrected chi connectivity index (χ2v) is 5.68. The van der Waals surface area contributed by atoms with Crippen LogP contribution in [0.2, 0.25) is 0 Å². The van der Waals surface area contributed by atoms with Gasteiger partial charge in [0, 0.05) is 32.0 Å². The molecule has 1 atom stereocenters. The van der Waals surface area contributed by atoms with E-state index in [9.17, 15) is 4.79 Å². The number of primary amides is 1. The van der Waals surface area contributed by atoms with E-state index >= 15 is 0 Å². The van der Waals surface area contributed by atoms with Crippen LogP contribution in [0.5, 0.6) is 0 Å². The lowest BCUT2D eigenvalue weighted by Crippen LogP contribution is -2.40. The maximum atomic E-state index is 11.2. The van der Waals surface area contributed by atoms with Crippen LogP contribution in [0.1, 0.15) is 30.2 Å². The van der Waals surface area contributed by atoms with Crippen molar-refractivity contribution in [3.63, 3.8) is 0 Å². The van der Waals surface area contributed by atoms with E-state index in [1.54, 1.807) is 6.20 Å². The molecule has 3 rings (SSSR count). The monoisotopic (exact) mass is 330 g/mol. The van der Waals surface area contributed by atoms with Crippen LogP contribution < -0.4 is 5.73 Å². The van der Waals surface area contributed by atoms with Crippen LogP contribution in [0.15, 0.2) is 24.5 Å². The molecule has 0 aliphatic carbocycles. The predicted molar refractivity (Wildman–Crippen MR) is 87.1 cm³/mol. The first-order valence-electron chi connectivity index (χ1n) is 8.12. The van der Waals surface area contributed by atoms with E-state index in [0.29, 0.717) is 25.6 Å². The summed E-state index contributed by atoms with van der Waals surface area (Å²) in [6, 6.07) is 3.88. The Morgan fingerprint density at radius 3 is 2.83 bits per heavy atom. The van der Waals surface area contributed by atoms with Crippen molar-refractivity contribution >= 4 is 5.91 Å². The fourth-order valence-corrected chi connectivity index (χ4v) is 2.97. The summed E-state index contributed by atoms with van der Waals surface area (Å²) in [7, 11) is 0. The number of hydrogen-bond donors (Lipinski definition) is 1. The highest BCUT2D eigenvalue weighted by Gasteiger charge is 2.29. The summed E-state index contributed by atoms with van der Waals surface area (Å²) in [5.41, 5.74) is 6.34. The van der Waals surface area contributed by atoms with Crippen LogP contribution in [-0.4, -0.2) is 56.9 Å². The maximum absolute atomic E-state index is 11.2. The first-order chi connectivity index (χ1) is 11.7. The Bertz CT molecular complexity index is 681. The highest BCUT2D eigenvalue weighted by Crippen LogP contribution is 2.28. The van der Waals surface area contributed by atoms with Crippen LogP contribution >= 0.6 is 0 Å². The standard InChI is InChI=1S/C16H22N6O2/c1-2-22-16(19-14(20-22)10-13(17)23)15(12-4-3-5-18-11-12)21-6-8-24-9-7-21/h3-5,11,15H,2,6-10H2,1H3,(H2,17,23)/t15-/m0/s1. The number of hydrogen-bond acceptors (Lipinski definition) is 6. The summed E-state index contributed by atoms with van der Waals surface area (Å²) in [6.45, 7) is 5.66. The van der Waals surface area contributed by atoms with Gasteiger partial charge in [0.05, 0.1) is 25.7 Å². The number of rotatable bonds is 6. The number of morpholine rings is 1. The minimum absolute atomic E-state index is 0.0445. The number of ether oxygens (including phenoxy) is 1. The third-order valence-corrected chi connectivity index (χ3v) is 4.03. The van der Waals surface area contributed by atoms with Crippen molar-refractivity contribution in [3.8, 4) is 0 Å². The summed E-state index contributed by atoms with van der Waals surface area (Å²) >= 11 is 0. The zero-order valence-electron chi connectivity index (χ0n) is 13.8. The molecule has 0 spiro atoms. The number of aryl methyl sites for hydroxylation is 1. The molecule has 2 N–H and O–H groups in total. The van der Waals surface area contributed by atoms with Crippen LogP contribution in [0.4, 0.5) is 0 Å². The zero-order chi connectivity index (χ0) is 16.9. The predicted octanol–water partition coefficient (Wildman–Crippen LogP) is 0.142. The van der Waals surface area contributed by atoms with Crippen LogP contribution in [0.3, 0.4) is 0 Å². The van der Waals surface area contributed by atoms with E-state index in [0.717, 1.165) is 24.5 Å².